The molecular formula is C15H27N3O3S. The van der Waals surface area contributed by atoms with E-state index in [2.05, 4.69) is 17.1 Å². The number of piperidine rings is 1. The normalized spacial score (nSPS) is 18.5. The summed E-state index contributed by atoms with van der Waals surface area (Å²) in [6.07, 6.45) is 1.73. The molecule has 1 aliphatic rings. The molecule has 22 heavy (non-hydrogen) atoms. The molecule has 1 aromatic heterocycles. The van der Waals surface area contributed by atoms with Gasteiger partial charge in [-0.3, -0.25) is 0 Å². The molecule has 0 saturated carbocycles. The Bertz CT molecular complexity index is 582. The van der Waals surface area contributed by atoms with Crippen molar-refractivity contribution in [2.45, 2.75) is 51.5 Å². The number of aryl methyl sites for hydroxylation is 2. The first-order chi connectivity index (χ1) is 10.2. The monoisotopic (exact) mass is 329 g/mol. The van der Waals surface area contributed by atoms with E-state index in [9.17, 15) is 8.42 Å². The first-order valence-electron chi connectivity index (χ1n) is 7.86. The van der Waals surface area contributed by atoms with Crippen molar-refractivity contribution in [2.75, 3.05) is 26.7 Å². The van der Waals surface area contributed by atoms with Crippen LogP contribution < -0.4 is 0 Å². The standard InChI is InChI=1S/C15H27N3O3S/c1-11(2)10-18(14-6-8-17(5)9-7-14)22(19,20)15-12(3)16-21-13(15)4/h11,14H,6-10H2,1-5H3. The number of rotatable bonds is 5. The van der Waals surface area contributed by atoms with Gasteiger partial charge in [-0.1, -0.05) is 19.0 Å². The molecule has 6 nitrogen and oxygen atoms in total. The van der Waals surface area contributed by atoms with Crippen molar-refractivity contribution < 1.29 is 12.9 Å². The molecule has 2 heterocycles. The molecule has 0 aliphatic carbocycles. The van der Waals surface area contributed by atoms with Crippen LogP contribution in [0.2, 0.25) is 0 Å². The van der Waals surface area contributed by atoms with Gasteiger partial charge in [-0.05, 0) is 52.7 Å². The van der Waals surface area contributed by atoms with Gasteiger partial charge in [0.1, 0.15) is 10.6 Å². The van der Waals surface area contributed by atoms with Gasteiger partial charge in [-0.2, -0.15) is 4.31 Å². The van der Waals surface area contributed by atoms with E-state index in [1.165, 1.54) is 0 Å². The van der Waals surface area contributed by atoms with Gasteiger partial charge in [0, 0.05) is 12.6 Å². The molecule has 0 radical (unpaired) electrons. The molecule has 126 valence electrons. The van der Waals surface area contributed by atoms with Crippen LogP contribution in [0.5, 0.6) is 0 Å². The highest BCUT2D eigenvalue weighted by Gasteiger charge is 2.37. The molecule has 2 rings (SSSR count). The van der Waals surface area contributed by atoms with Crippen molar-refractivity contribution in [3.63, 3.8) is 0 Å². The average molecular weight is 329 g/mol. The van der Waals surface area contributed by atoms with Crippen LogP contribution in [-0.4, -0.2) is 55.5 Å². The minimum absolute atomic E-state index is 0.0531. The van der Waals surface area contributed by atoms with E-state index in [1.807, 2.05) is 13.8 Å². The zero-order valence-electron chi connectivity index (χ0n) is 14.2. The highest BCUT2D eigenvalue weighted by molar-refractivity contribution is 7.89. The Kier molecular flexibility index (Phi) is 5.29. The van der Waals surface area contributed by atoms with Crippen LogP contribution in [0, 0.1) is 19.8 Å². The second-order valence-electron chi connectivity index (χ2n) is 6.66. The molecule has 0 N–H and O–H groups in total. The van der Waals surface area contributed by atoms with Crippen LogP contribution in [0.4, 0.5) is 0 Å². The molecule has 0 bridgehead atoms. The molecule has 1 saturated heterocycles. The van der Waals surface area contributed by atoms with Crippen LogP contribution in [0.25, 0.3) is 0 Å². The topological polar surface area (TPSA) is 66.7 Å². The fourth-order valence-electron chi connectivity index (χ4n) is 3.05. The van der Waals surface area contributed by atoms with Crippen molar-refractivity contribution in [1.82, 2.24) is 14.4 Å². The third kappa shape index (κ3) is 3.52. The van der Waals surface area contributed by atoms with Crippen molar-refractivity contribution in [1.29, 1.82) is 0 Å². The largest absolute Gasteiger partial charge is 0.360 e. The van der Waals surface area contributed by atoms with E-state index in [4.69, 9.17) is 4.52 Å². The van der Waals surface area contributed by atoms with Gasteiger partial charge < -0.3 is 9.42 Å². The molecule has 1 aliphatic heterocycles. The summed E-state index contributed by atoms with van der Waals surface area (Å²) in [7, 11) is -1.50. The summed E-state index contributed by atoms with van der Waals surface area (Å²) < 4.78 is 33.1. The smallest absolute Gasteiger partial charge is 0.248 e. The molecule has 1 fully saturated rings. The van der Waals surface area contributed by atoms with Gasteiger partial charge in [0.05, 0.1) is 0 Å². The van der Waals surface area contributed by atoms with Crippen molar-refractivity contribution >= 4 is 10.0 Å². The summed E-state index contributed by atoms with van der Waals surface area (Å²) >= 11 is 0. The highest BCUT2D eigenvalue weighted by atomic mass is 32.2. The van der Waals surface area contributed by atoms with E-state index >= 15 is 0 Å². The second-order valence-corrected chi connectivity index (χ2v) is 8.48. The van der Waals surface area contributed by atoms with E-state index in [-0.39, 0.29) is 16.9 Å². The molecular weight excluding hydrogens is 302 g/mol. The Morgan fingerprint density at radius 3 is 2.36 bits per heavy atom. The minimum Gasteiger partial charge on any atom is -0.360 e. The summed E-state index contributed by atoms with van der Waals surface area (Å²) in [5.74, 6) is 0.647. The maximum Gasteiger partial charge on any atom is 0.248 e. The van der Waals surface area contributed by atoms with Crippen LogP contribution in [0.3, 0.4) is 0 Å². The predicted molar refractivity (Wildman–Crippen MR) is 85.2 cm³/mol. The van der Waals surface area contributed by atoms with Crippen LogP contribution in [0.1, 0.15) is 38.1 Å². The summed E-state index contributed by atoms with van der Waals surface area (Å²) in [6.45, 7) is 9.82. The summed E-state index contributed by atoms with van der Waals surface area (Å²) in [6, 6.07) is 0.0531. The summed E-state index contributed by atoms with van der Waals surface area (Å²) in [4.78, 5) is 2.49. The maximum atomic E-state index is 13.2. The van der Waals surface area contributed by atoms with Gasteiger partial charge in [0.2, 0.25) is 10.0 Å². The van der Waals surface area contributed by atoms with Gasteiger partial charge in [0.15, 0.2) is 5.76 Å². The van der Waals surface area contributed by atoms with Crippen molar-refractivity contribution in [2.24, 2.45) is 5.92 Å². The maximum absolute atomic E-state index is 13.2. The quantitative estimate of drug-likeness (QED) is 0.827. The average Bonchev–Trinajstić information content (AvgIpc) is 2.77. The fourth-order valence-corrected chi connectivity index (χ4v) is 5.19. The SMILES string of the molecule is Cc1noc(C)c1S(=O)(=O)N(CC(C)C)C1CCN(C)CC1. The molecule has 0 aromatic carbocycles. The van der Waals surface area contributed by atoms with Crippen molar-refractivity contribution in [3.8, 4) is 0 Å². The molecule has 0 atom stereocenters. The van der Waals surface area contributed by atoms with Gasteiger partial charge in [-0.25, -0.2) is 8.42 Å². The molecule has 0 amide bonds. The van der Waals surface area contributed by atoms with Crippen molar-refractivity contribution in [3.05, 3.63) is 11.5 Å². The first kappa shape index (κ1) is 17.4. The third-order valence-corrected chi connectivity index (χ3v) is 6.34. The second kappa shape index (κ2) is 6.68. The van der Waals surface area contributed by atoms with Gasteiger partial charge >= 0.3 is 0 Å². The lowest BCUT2D eigenvalue weighted by Crippen LogP contribution is -2.48. The third-order valence-electron chi connectivity index (χ3n) is 4.18. The number of likely N-dealkylation sites (tertiary alicyclic amines) is 1. The lowest BCUT2D eigenvalue weighted by atomic mass is 10.0. The molecule has 0 spiro atoms. The number of hydrogen-bond donors (Lipinski definition) is 0. The summed E-state index contributed by atoms with van der Waals surface area (Å²) in [5, 5.41) is 3.81. The van der Waals surface area contributed by atoms with Crippen LogP contribution >= 0.6 is 0 Å². The van der Waals surface area contributed by atoms with E-state index < -0.39 is 10.0 Å². The minimum atomic E-state index is -3.57. The van der Waals surface area contributed by atoms with Crippen LogP contribution in [-0.2, 0) is 10.0 Å². The fraction of sp³-hybridized carbons (Fsp3) is 0.800. The summed E-state index contributed by atoms with van der Waals surface area (Å²) in [5.41, 5.74) is 0.444. The Labute approximate surface area is 133 Å². The van der Waals surface area contributed by atoms with E-state index in [1.54, 1.807) is 18.2 Å². The number of aromatic nitrogens is 1. The Balaban J connectivity index is 2.36. The van der Waals surface area contributed by atoms with E-state index in [0.29, 0.717) is 18.0 Å². The van der Waals surface area contributed by atoms with Gasteiger partial charge in [-0.15, -0.1) is 0 Å². The van der Waals surface area contributed by atoms with Crippen LogP contribution in [0.15, 0.2) is 9.42 Å². The van der Waals surface area contributed by atoms with Gasteiger partial charge in [0.25, 0.3) is 0 Å². The number of hydrogen-bond acceptors (Lipinski definition) is 5. The Morgan fingerprint density at radius 1 is 1.32 bits per heavy atom. The lowest BCUT2D eigenvalue weighted by molar-refractivity contribution is 0.174. The molecule has 7 heteroatoms. The molecule has 1 aromatic rings. The number of nitrogens with zero attached hydrogens (tertiary/aromatic N) is 3. The molecule has 0 unspecified atom stereocenters. The zero-order valence-corrected chi connectivity index (χ0v) is 15.0. The lowest BCUT2D eigenvalue weighted by Gasteiger charge is -2.37. The Morgan fingerprint density at radius 2 is 1.91 bits per heavy atom. The highest BCUT2D eigenvalue weighted by Crippen LogP contribution is 2.28. The first-order valence-corrected chi connectivity index (χ1v) is 9.30. The zero-order chi connectivity index (χ0) is 16.5. The number of sulfonamides is 1. The predicted octanol–water partition coefficient (Wildman–Crippen LogP) is 2.03. The van der Waals surface area contributed by atoms with E-state index in [0.717, 1.165) is 25.9 Å². The Hall–Kier alpha value is -0.920.